The molecule has 1 aliphatic carbocycles. The summed E-state index contributed by atoms with van der Waals surface area (Å²) in [5.41, 5.74) is 6.27. The summed E-state index contributed by atoms with van der Waals surface area (Å²) in [6, 6.07) is 0. The van der Waals surface area contributed by atoms with Crippen molar-refractivity contribution < 1.29 is 9.47 Å². The van der Waals surface area contributed by atoms with E-state index in [0.29, 0.717) is 11.8 Å². The van der Waals surface area contributed by atoms with Gasteiger partial charge in [0.15, 0.2) is 0 Å². The molecule has 3 aliphatic rings. The van der Waals surface area contributed by atoms with E-state index in [9.17, 15) is 0 Å². The third-order valence-corrected chi connectivity index (χ3v) is 4.34. The predicted octanol–water partition coefficient (Wildman–Crippen LogP) is 2.71. The molecule has 0 saturated carbocycles. The molecule has 0 N–H and O–H groups in total. The molecule has 88 valence electrons. The summed E-state index contributed by atoms with van der Waals surface area (Å²) < 4.78 is 11.3. The molecule has 2 heteroatoms. The van der Waals surface area contributed by atoms with Gasteiger partial charge in [-0.25, -0.2) is 0 Å². The Morgan fingerprint density at radius 2 is 1.25 bits per heavy atom. The van der Waals surface area contributed by atoms with Gasteiger partial charge in [0.1, 0.15) is 0 Å². The Balaban J connectivity index is 1.96. The van der Waals surface area contributed by atoms with Crippen LogP contribution < -0.4 is 0 Å². The van der Waals surface area contributed by atoms with Gasteiger partial charge in [-0.15, -0.1) is 0 Å². The molecule has 0 bridgehead atoms. The van der Waals surface area contributed by atoms with E-state index in [1.807, 2.05) is 0 Å². The van der Waals surface area contributed by atoms with Gasteiger partial charge < -0.3 is 9.47 Å². The third-order valence-electron chi connectivity index (χ3n) is 4.34. The fourth-order valence-electron chi connectivity index (χ4n) is 3.37. The third kappa shape index (κ3) is 1.64. The second kappa shape index (κ2) is 4.01. The lowest BCUT2D eigenvalue weighted by Crippen LogP contribution is -2.14. The predicted molar refractivity (Wildman–Crippen MR) is 63.3 cm³/mol. The van der Waals surface area contributed by atoms with Crippen LogP contribution in [0.5, 0.6) is 0 Å². The lowest BCUT2D eigenvalue weighted by molar-refractivity contribution is 0.186. The summed E-state index contributed by atoms with van der Waals surface area (Å²) in [4.78, 5) is 0. The molecule has 0 aromatic heterocycles. The van der Waals surface area contributed by atoms with Gasteiger partial charge in [-0.05, 0) is 37.8 Å². The monoisotopic (exact) mass is 220 g/mol. The maximum absolute atomic E-state index is 5.63. The van der Waals surface area contributed by atoms with Crippen LogP contribution in [0.1, 0.15) is 26.7 Å². The molecule has 2 nitrogen and oxygen atoms in total. The highest BCUT2D eigenvalue weighted by atomic mass is 16.5. The average molecular weight is 220 g/mol. The normalized spacial score (nSPS) is 43.9. The molecule has 16 heavy (non-hydrogen) atoms. The van der Waals surface area contributed by atoms with Crippen LogP contribution in [0.4, 0.5) is 0 Å². The zero-order valence-corrected chi connectivity index (χ0v) is 10.2. The number of rotatable bonds is 0. The van der Waals surface area contributed by atoms with Gasteiger partial charge in [0.05, 0.1) is 26.4 Å². The van der Waals surface area contributed by atoms with Crippen molar-refractivity contribution in [2.75, 3.05) is 26.4 Å². The van der Waals surface area contributed by atoms with Crippen molar-refractivity contribution in [3.63, 3.8) is 0 Å². The van der Waals surface area contributed by atoms with E-state index in [2.05, 4.69) is 13.8 Å². The van der Waals surface area contributed by atoms with Crippen LogP contribution in [0.3, 0.4) is 0 Å². The van der Waals surface area contributed by atoms with Crippen LogP contribution in [0.25, 0.3) is 0 Å². The zero-order chi connectivity index (χ0) is 11.1. The van der Waals surface area contributed by atoms with Crippen LogP contribution >= 0.6 is 0 Å². The fourth-order valence-corrected chi connectivity index (χ4v) is 3.37. The van der Waals surface area contributed by atoms with E-state index in [-0.39, 0.29) is 0 Å². The molecule has 2 atom stereocenters. The smallest absolute Gasteiger partial charge is 0.0683 e. The Labute approximate surface area is 97.3 Å². The van der Waals surface area contributed by atoms with Crippen molar-refractivity contribution in [2.24, 2.45) is 11.8 Å². The second-order valence-corrected chi connectivity index (χ2v) is 5.44. The molecule has 2 heterocycles. The fraction of sp³-hybridized carbons (Fsp3) is 0.714. The largest absolute Gasteiger partial charge is 0.376 e. The minimum absolute atomic E-state index is 0.647. The molecule has 3 rings (SSSR count). The summed E-state index contributed by atoms with van der Waals surface area (Å²) in [7, 11) is 0. The van der Waals surface area contributed by atoms with Crippen LogP contribution in [0.15, 0.2) is 22.3 Å². The molecule has 0 radical (unpaired) electrons. The van der Waals surface area contributed by atoms with E-state index >= 15 is 0 Å². The Morgan fingerprint density at radius 1 is 0.812 bits per heavy atom. The van der Waals surface area contributed by atoms with Crippen LogP contribution in [0.2, 0.25) is 0 Å². The lowest BCUT2D eigenvalue weighted by atomic mass is 9.81. The minimum atomic E-state index is 0.647. The minimum Gasteiger partial charge on any atom is -0.376 e. The first-order valence-electron chi connectivity index (χ1n) is 6.28. The first kappa shape index (κ1) is 10.5. The maximum atomic E-state index is 5.63. The van der Waals surface area contributed by atoms with Crippen LogP contribution in [-0.2, 0) is 9.47 Å². The Morgan fingerprint density at radius 3 is 1.69 bits per heavy atom. The lowest BCUT2D eigenvalue weighted by Gasteiger charge is -2.22. The molecule has 2 aliphatic heterocycles. The highest BCUT2D eigenvalue weighted by Crippen LogP contribution is 2.39. The molecule has 0 amide bonds. The van der Waals surface area contributed by atoms with E-state index in [1.165, 1.54) is 12.8 Å². The van der Waals surface area contributed by atoms with Gasteiger partial charge >= 0.3 is 0 Å². The van der Waals surface area contributed by atoms with Gasteiger partial charge in [-0.2, -0.15) is 0 Å². The first-order chi connectivity index (χ1) is 7.75. The highest BCUT2D eigenvalue weighted by molar-refractivity contribution is 5.30. The summed E-state index contributed by atoms with van der Waals surface area (Å²) in [5, 5.41) is 0. The molecule has 0 aromatic rings. The van der Waals surface area contributed by atoms with Crippen molar-refractivity contribution >= 4 is 0 Å². The molecular formula is C14H20O2. The Bertz CT molecular complexity index is 329. The quantitative estimate of drug-likeness (QED) is 0.584. The van der Waals surface area contributed by atoms with Gasteiger partial charge in [0.25, 0.3) is 0 Å². The van der Waals surface area contributed by atoms with Crippen LogP contribution in [0, 0.1) is 11.8 Å². The molecule has 0 aromatic carbocycles. The number of allylic oxidation sites excluding steroid dienone is 2. The summed E-state index contributed by atoms with van der Waals surface area (Å²) in [6.07, 6.45) is 2.36. The molecule has 2 fully saturated rings. The average Bonchev–Trinajstić information content (AvgIpc) is 2.84. The van der Waals surface area contributed by atoms with Crippen molar-refractivity contribution in [2.45, 2.75) is 26.7 Å². The van der Waals surface area contributed by atoms with Crippen molar-refractivity contribution in [1.29, 1.82) is 0 Å². The summed E-state index contributed by atoms with van der Waals surface area (Å²) in [6.45, 7) is 8.15. The molecule has 2 unspecified atom stereocenters. The van der Waals surface area contributed by atoms with Gasteiger partial charge in [0.2, 0.25) is 0 Å². The topological polar surface area (TPSA) is 18.5 Å². The standard InChI is InChI=1S/C14H20O2/c1-9-3-11-5-16-8-14(11)10(2)4-12-6-15-7-13(9)12/h11-12H,3-8H2,1-2H3/b13-9-,14-10-. The van der Waals surface area contributed by atoms with Gasteiger partial charge in [-0.1, -0.05) is 11.1 Å². The Kier molecular flexibility index (Phi) is 2.64. The van der Waals surface area contributed by atoms with E-state index < -0.39 is 0 Å². The van der Waals surface area contributed by atoms with E-state index in [4.69, 9.17) is 9.47 Å². The maximum Gasteiger partial charge on any atom is 0.0683 e. The van der Waals surface area contributed by atoms with Crippen LogP contribution in [-0.4, -0.2) is 26.4 Å². The van der Waals surface area contributed by atoms with E-state index in [1.54, 1.807) is 22.3 Å². The number of ether oxygens (including phenoxy) is 2. The van der Waals surface area contributed by atoms with Crippen molar-refractivity contribution in [3.05, 3.63) is 22.3 Å². The molecule has 2 saturated heterocycles. The SMILES string of the molecule is C/C1=C2\COCC2C/C(C)=C2/COCC2C1. The van der Waals surface area contributed by atoms with E-state index in [0.717, 1.165) is 26.4 Å². The summed E-state index contributed by atoms with van der Waals surface area (Å²) >= 11 is 0. The first-order valence-corrected chi connectivity index (χ1v) is 6.28. The van der Waals surface area contributed by atoms with Crippen molar-refractivity contribution in [3.8, 4) is 0 Å². The molecular weight excluding hydrogens is 200 g/mol. The number of fused-ring (bicyclic) bond motifs is 2. The van der Waals surface area contributed by atoms with Gasteiger partial charge in [-0.3, -0.25) is 0 Å². The van der Waals surface area contributed by atoms with Gasteiger partial charge in [0, 0.05) is 11.8 Å². The number of hydrogen-bond acceptors (Lipinski definition) is 2. The number of hydrogen-bond donors (Lipinski definition) is 0. The summed E-state index contributed by atoms with van der Waals surface area (Å²) in [5.74, 6) is 1.29. The Hall–Kier alpha value is -0.600. The molecule has 0 spiro atoms. The zero-order valence-electron chi connectivity index (χ0n) is 10.2. The van der Waals surface area contributed by atoms with Crippen molar-refractivity contribution in [1.82, 2.24) is 0 Å². The highest BCUT2D eigenvalue weighted by Gasteiger charge is 2.31. The second-order valence-electron chi connectivity index (χ2n) is 5.44.